The van der Waals surface area contributed by atoms with Gasteiger partial charge in [-0.15, -0.1) is 22.7 Å². The predicted molar refractivity (Wildman–Crippen MR) is 340 cm³/mol. The van der Waals surface area contributed by atoms with E-state index in [0.29, 0.717) is 44.0 Å². The molecule has 0 bridgehead atoms. The van der Waals surface area contributed by atoms with Gasteiger partial charge in [-0.3, -0.25) is 19.2 Å². The largest absolute Gasteiger partial charge is 0.306 e. The number of carbonyl (C=O) groups is 4. The van der Waals surface area contributed by atoms with Gasteiger partial charge in [0.2, 0.25) is 0 Å². The SMILES string of the molecule is CCCCCCCC[C@@H](CCCCCC)CN1C(=O)C2=C(c3ccc(/C=C4\C(=O)c5cc(F)c(F)cc5C4=C(C#N)C#N)s3)N(C[C@@H](CCCCCC)CCCCCCCC)C(=O)C2=C1c1ccc(/C=C2\C(=O)c3cc(F)c(F)cc3C2=C(C#N)C#N)s1. The van der Waals surface area contributed by atoms with Gasteiger partial charge < -0.3 is 9.80 Å². The van der Waals surface area contributed by atoms with E-state index in [1.165, 1.54) is 34.8 Å². The Morgan fingerprint density at radius 2 is 0.739 bits per heavy atom. The summed E-state index contributed by atoms with van der Waals surface area (Å²) in [5.41, 5.74) is -0.686. The van der Waals surface area contributed by atoms with Gasteiger partial charge in [0.05, 0.1) is 32.3 Å². The van der Waals surface area contributed by atoms with Crippen LogP contribution >= 0.6 is 22.7 Å². The number of halogens is 4. The number of allylic oxidation sites excluding steroid dienone is 6. The third-order valence-electron chi connectivity index (χ3n) is 17.3. The lowest BCUT2D eigenvalue weighted by atomic mass is 9.93. The number of hydrogen-bond acceptors (Lipinski definition) is 10. The highest BCUT2D eigenvalue weighted by molar-refractivity contribution is 7.14. The summed E-state index contributed by atoms with van der Waals surface area (Å²) in [6.07, 6.45) is 27.7. The fraction of sp³-hybridized carbons (Fsp3) is 0.444. The Kier molecular flexibility index (Phi) is 23.6. The van der Waals surface area contributed by atoms with Gasteiger partial charge in [0, 0.05) is 56.3 Å². The Balaban J connectivity index is 1.31. The van der Waals surface area contributed by atoms with Gasteiger partial charge >= 0.3 is 0 Å². The van der Waals surface area contributed by atoms with Crippen molar-refractivity contribution in [3.8, 4) is 24.3 Å². The highest BCUT2D eigenvalue weighted by atomic mass is 32.1. The lowest BCUT2D eigenvalue weighted by Gasteiger charge is -2.29. The first-order valence-corrected chi connectivity index (χ1v) is 33.3. The first-order chi connectivity index (χ1) is 42.7. The molecule has 0 saturated carbocycles. The molecular weight excluding hydrogens is 1150 g/mol. The lowest BCUT2D eigenvalue weighted by molar-refractivity contribution is -0.124. The van der Waals surface area contributed by atoms with E-state index in [1.807, 2.05) is 24.3 Å². The van der Waals surface area contributed by atoms with Crippen molar-refractivity contribution in [1.82, 2.24) is 9.80 Å². The monoisotopic (exact) mass is 1230 g/mol. The standard InChI is InChI=1S/C72H76F4N6O4S2/c1-5-9-13-17-19-23-27-45(25-21-15-11-7-3)43-81-67(61-31-29-49(87-61)33-55-63(47(39-77)40-78)51-35-57(73)59(75)37-53(51)69(55)83)65-66(71(81)85)68(82(72(65)86)44-46(26-22-16-12-8-4)28-24-20-18-14-10-6-2)62-32-30-50(88-62)34-56-64(48(41-79)42-80)52-36-58(74)60(76)38-54(52)70(56)84/h29-38,45-46H,5-28,43-44H2,1-4H3/b55-33-,56-34-/t45-,46+. The maximum Gasteiger partial charge on any atom is 0.261 e. The maximum atomic E-state index is 16.1. The highest BCUT2D eigenvalue weighted by Gasteiger charge is 2.50. The molecule has 458 valence electrons. The number of nitriles is 4. The van der Waals surface area contributed by atoms with Crippen molar-refractivity contribution in [1.29, 1.82) is 21.0 Å². The van der Waals surface area contributed by atoms with E-state index in [2.05, 4.69) is 27.7 Å². The summed E-state index contributed by atoms with van der Waals surface area (Å²) in [5, 5.41) is 40.4. The van der Waals surface area contributed by atoms with E-state index >= 15 is 9.59 Å². The minimum absolute atomic E-state index is 0.0606. The Morgan fingerprint density at radius 3 is 1.06 bits per heavy atom. The van der Waals surface area contributed by atoms with Crippen LogP contribution in [0.15, 0.2) is 82.0 Å². The van der Waals surface area contributed by atoms with Crippen LogP contribution in [0.25, 0.3) is 34.7 Å². The molecule has 88 heavy (non-hydrogen) atoms. The molecule has 2 aromatic carbocycles. The number of Topliss-reactive ketones (excluding diaryl/α,β-unsaturated/α-hetero) is 2. The third-order valence-corrected chi connectivity index (χ3v) is 19.4. The van der Waals surface area contributed by atoms with Gasteiger partial charge in [0.1, 0.15) is 35.4 Å². The number of ketones is 2. The number of thiophene rings is 2. The maximum absolute atomic E-state index is 16.1. The molecular formula is C72H76F4N6O4S2. The molecule has 2 aliphatic carbocycles. The number of benzene rings is 2. The van der Waals surface area contributed by atoms with Crippen LogP contribution in [0.1, 0.15) is 233 Å². The van der Waals surface area contributed by atoms with E-state index in [4.69, 9.17) is 0 Å². The average Bonchev–Trinajstić information content (AvgIpc) is 1.65. The molecule has 0 fully saturated rings. The van der Waals surface area contributed by atoms with Gasteiger partial charge in [-0.25, -0.2) is 17.6 Å². The van der Waals surface area contributed by atoms with Crippen molar-refractivity contribution < 1.29 is 36.7 Å². The van der Waals surface area contributed by atoms with Crippen LogP contribution in [0.4, 0.5) is 17.6 Å². The number of rotatable bonds is 32. The summed E-state index contributed by atoms with van der Waals surface area (Å²) in [4.78, 5) is 66.0. The van der Waals surface area contributed by atoms with Crippen molar-refractivity contribution >= 4 is 80.7 Å². The topological polar surface area (TPSA) is 170 Å². The second-order valence-corrected chi connectivity index (χ2v) is 25.8. The summed E-state index contributed by atoms with van der Waals surface area (Å²) in [6, 6.07) is 17.5. The fourth-order valence-corrected chi connectivity index (χ4v) is 14.8. The fourth-order valence-electron chi connectivity index (χ4n) is 12.8. The number of unbranched alkanes of at least 4 members (excludes halogenated alkanes) is 16. The molecule has 2 aromatic heterocycles. The zero-order valence-corrected chi connectivity index (χ0v) is 52.6. The molecule has 0 spiro atoms. The van der Waals surface area contributed by atoms with Crippen LogP contribution in [-0.4, -0.2) is 46.3 Å². The third kappa shape index (κ3) is 14.7. The van der Waals surface area contributed by atoms with Crippen LogP contribution < -0.4 is 0 Å². The molecule has 0 unspecified atom stereocenters. The second kappa shape index (κ2) is 31.4. The molecule has 8 rings (SSSR count). The smallest absolute Gasteiger partial charge is 0.261 e. The van der Waals surface area contributed by atoms with Crippen LogP contribution in [-0.2, 0) is 9.59 Å². The molecule has 2 amide bonds. The van der Waals surface area contributed by atoms with Crippen molar-refractivity contribution in [3.63, 3.8) is 0 Å². The number of fused-ring (bicyclic) bond motifs is 3. The van der Waals surface area contributed by atoms with E-state index in [0.717, 1.165) is 178 Å². The van der Waals surface area contributed by atoms with Crippen molar-refractivity contribution in [2.24, 2.45) is 11.8 Å². The molecule has 10 nitrogen and oxygen atoms in total. The molecule has 0 saturated heterocycles. The number of nitrogens with zero attached hydrogens (tertiary/aromatic N) is 6. The zero-order valence-electron chi connectivity index (χ0n) is 51.0. The van der Waals surface area contributed by atoms with E-state index in [9.17, 15) is 48.2 Å². The molecule has 4 aromatic rings. The summed E-state index contributed by atoms with van der Waals surface area (Å²) < 4.78 is 59.2. The van der Waals surface area contributed by atoms with Gasteiger partial charge in [-0.2, -0.15) is 21.0 Å². The zero-order chi connectivity index (χ0) is 63.0. The van der Waals surface area contributed by atoms with Crippen molar-refractivity contribution in [2.75, 3.05) is 13.1 Å². The summed E-state index contributed by atoms with van der Waals surface area (Å²) in [5.74, 6) is -7.04. The second-order valence-electron chi connectivity index (χ2n) is 23.6. The summed E-state index contributed by atoms with van der Waals surface area (Å²) in [6.45, 7) is 9.31. The normalized spacial score (nSPS) is 16.0. The molecule has 2 atom stereocenters. The van der Waals surface area contributed by atoms with Crippen LogP contribution in [0.3, 0.4) is 0 Å². The molecule has 0 N–H and O–H groups in total. The number of hydrogen-bond donors (Lipinski definition) is 0. The summed E-state index contributed by atoms with van der Waals surface area (Å²) >= 11 is 2.40. The minimum Gasteiger partial charge on any atom is -0.306 e. The Bertz CT molecular complexity index is 3440. The predicted octanol–water partition coefficient (Wildman–Crippen LogP) is 19.0. The van der Waals surface area contributed by atoms with Crippen molar-refractivity contribution in [3.05, 3.63) is 147 Å². The first kappa shape index (κ1) is 66.2. The Labute approximate surface area is 523 Å². The van der Waals surface area contributed by atoms with Crippen LogP contribution in [0.2, 0.25) is 0 Å². The van der Waals surface area contributed by atoms with Crippen molar-refractivity contribution in [2.45, 2.75) is 182 Å². The van der Waals surface area contributed by atoms with Gasteiger partial charge in [0.15, 0.2) is 34.8 Å². The minimum atomic E-state index is -1.26. The first-order valence-electron chi connectivity index (χ1n) is 31.6. The molecule has 2 aliphatic heterocycles. The molecule has 4 aliphatic rings. The van der Waals surface area contributed by atoms with Gasteiger partial charge in [0.25, 0.3) is 11.8 Å². The van der Waals surface area contributed by atoms with E-state index in [-0.39, 0.29) is 79.3 Å². The molecule has 16 heteroatoms. The van der Waals surface area contributed by atoms with Gasteiger partial charge in [-0.1, -0.05) is 156 Å². The Morgan fingerprint density at radius 1 is 0.443 bits per heavy atom. The quantitative estimate of drug-likeness (QED) is 0.0201. The Hall–Kier alpha value is -7.76. The molecule has 4 heterocycles. The summed E-state index contributed by atoms with van der Waals surface area (Å²) in [7, 11) is 0. The van der Waals surface area contributed by atoms with Crippen LogP contribution in [0.5, 0.6) is 0 Å². The van der Waals surface area contributed by atoms with E-state index in [1.54, 1.807) is 34.1 Å². The molecule has 0 radical (unpaired) electrons. The number of amides is 2. The highest BCUT2D eigenvalue weighted by Crippen LogP contribution is 2.51. The average molecular weight is 1230 g/mol. The van der Waals surface area contributed by atoms with Crippen LogP contribution in [0, 0.1) is 80.4 Å². The lowest BCUT2D eigenvalue weighted by Crippen LogP contribution is -2.34. The van der Waals surface area contributed by atoms with E-state index < -0.39 is 46.0 Å². The van der Waals surface area contributed by atoms with Gasteiger partial charge in [-0.05, 0) is 109 Å². The number of carbonyl (C=O) groups excluding carboxylic acids is 4.